The molecule has 0 saturated carbocycles. The number of non-ortho nitro benzene ring substituents is 1. The number of benzene rings is 2. The first kappa shape index (κ1) is 17.1. The quantitative estimate of drug-likeness (QED) is 0.537. The number of amides is 1. The summed E-state index contributed by atoms with van der Waals surface area (Å²) in [4.78, 5) is 23.2. The number of thiophene rings is 1. The van der Waals surface area contributed by atoms with Crippen molar-refractivity contribution in [3.05, 3.63) is 74.6 Å². The first-order valence-corrected chi connectivity index (χ1v) is 8.41. The average Bonchev–Trinajstić information content (AvgIpc) is 3.04. The van der Waals surface area contributed by atoms with E-state index in [9.17, 15) is 14.9 Å². The summed E-state index contributed by atoms with van der Waals surface area (Å²) in [5, 5.41) is 14.4. The molecule has 1 heterocycles. The number of carbonyl (C=O) groups excluding carboxylic acids is 1. The molecule has 0 aliphatic rings. The van der Waals surface area contributed by atoms with Crippen molar-refractivity contribution in [3.8, 4) is 0 Å². The predicted molar refractivity (Wildman–Crippen MR) is 96.8 cm³/mol. The molecule has 1 amide bonds. The molecular formula is C18H16N2O4S. The molecule has 0 fully saturated rings. The van der Waals surface area contributed by atoms with Gasteiger partial charge in [0.2, 0.25) is 0 Å². The molecule has 0 saturated heterocycles. The molecular weight excluding hydrogens is 340 g/mol. The molecule has 25 heavy (non-hydrogen) atoms. The third kappa shape index (κ3) is 4.01. The fourth-order valence-corrected chi connectivity index (χ4v) is 3.41. The normalized spacial score (nSPS) is 10.8. The minimum atomic E-state index is -0.440. The molecule has 0 bridgehead atoms. The van der Waals surface area contributed by atoms with Crippen molar-refractivity contribution in [3.63, 3.8) is 0 Å². The molecule has 1 aromatic heterocycles. The molecule has 1 N–H and O–H groups in total. The Morgan fingerprint density at radius 3 is 2.56 bits per heavy atom. The number of nitro benzene ring substituents is 1. The summed E-state index contributed by atoms with van der Waals surface area (Å²) in [7, 11) is 1.65. The summed E-state index contributed by atoms with van der Waals surface area (Å²) >= 11 is 1.32. The standard InChI is InChI=1S/C18H16N2O4S/c1-24-11-13-4-2-12(3-5-13)10-19-18(21)17-9-14-8-15(20(22)23)6-7-16(14)25-17/h2-9H,10-11H2,1H3,(H,19,21). The second-order valence-corrected chi connectivity index (χ2v) is 6.61. The summed E-state index contributed by atoms with van der Waals surface area (Å²) in [6.45, 7) is 0.973. The van der Waals surface area contributed by atoms with Gasteiger partial charge in [-0.1, -0.05) is 24.3 Å². The number of nitrogens with zero attached hydrogens (tertiary/aromatic N) is 1. The van der Waals surface area contributed by atoms with E-state index in [2.05, 4.69) is 5.32 Å². The fraction of sp³-hybridized carbons (Fsp3) is 0.167. The van der Waals surface area contributed by atoms with Crippen LogP contribution in [-0.4, -0.2) is 17.9 Å². The number of hydrogen-bond acceptors (Lipinski definition) is 5. The van der Waals surface area contributed by atoms with E-state index in [1.807, 2.05) is 24.3 Å². The molecule has 0 atom stereocenters. The Kier molecular flexibility index (Phi) is 5.06. The highest BCUT2D eigenvalue weighted by Gasteiger charge is 2.13. The van der Waals surface area contributed by atoms with E-state index in [0.29, 0.717) is 23.4 Å². The lowest BCUT2D eigenvalue weighted by Crippen LogP contribution is -2.21. The molecule has 0 aliphatic heterocycles. The van der Waals surface area contributed by atoms with Gasteiger partial charge in [0.15, 0.2) is 0 Å². The highest BCUT2D eigenvalue weighted by Crippen LogP contribution is 2.28. The summed E-state index contributed by atoms with van der Waals surface area (Å²) in [6, 6.07) is 14.1. The molecule has 0 aliphatic carbocycles. The molecule has 3 aromatic rings. The maximum Gasteiger partial charge on any atom is 0.270 e. The zero-order valence-corrected chi connectivity index (χ0v) is 14.3. The van der Waals surface area contributed by atoms with E-state index < -0.39 is 4.92 Å². The number of fused-ring (bicyclic) bond motifs is 1. The predicted octanol–water partition coefficient (Wildman–Crippen LogP) is 3.89. The Balaban J connectivity index is 1.68. The number of nitrogens with one attached hydrogen (secondary N) is 1. The van der Waals surface area contributed by atoms with Crippen LogP contribution < -0.4 is 5.32 Å². The van der Waals surface area contributed by atoms with Crippen molar-refractivity contribution in [2.45, 2.75) is 13.2 Å². The van der Waals surface area contributed by atoms with Crippen LogP contribution in [0, 0.1) is 10.1 Å². The number of hydrogen-bond donors (Lipinski definition) is 1. The van der Waals surface area contributed by atoms with Crippen LogP contribution in [0.4, 0.5) is 5.69 Å². The van der Waals surface area contributed by atoms with Gasteiger partial charge in [-0.3, -0.25) is 14.9 Å². The van der Waals surface area contributed by atoms with Gasteiger partial charge in [-0.25, -0.2) is 0 Å². The molecule has 0 unspecified atom stereocenters. The maximum atomic E-state index is 12.3. The van der Waals surface area contributed by atoms with Crippen molar-refractivity contribution >= 4 is 33.0 Å². The van der Waals surface area contributed by atoms with E-state index in [-0.39, 0.29) is 11.6 Å². The highest BCUT2D eigenvalue weighted by atomic mass is 32.1. The van der Waals surface area contributed by atoms with Crippen molar-refractivity contribution in [1.82, 2.24) is 5.32 Å². The van der Waals surface area contributed by atoms with E-state index in [1.54, 1.807) is 19.2 Å². The van der Waals surface area contributed by atoms with Gasteiger partial charge in [-0.05, 0) is 23.3 Å². The number of rotatable bonds is 6. The van der Waals surface area contributed by atoms with E-state index >= 15 is 0 Å². The number of methoxy groups -OCH3 is 1. The SMILES string of the molecule is COCc1ccc(CNC(=O)c2cc3cc([N+](=O)[O-])ccc3s2)cc1. The maximum absolute atomic E-state index is 12.3. The zero-order valence-electron chi connectivity index (χ0n) is 13.5. The largest absolute Gasteiger partial charge is 0.380 e. The third-order valence-corrected chi connectivity index (χ3v) is 4.84. The van der Waals surface area contributed by atoms with Gasteiger partial charge in [0.25, 0.3) is 11.6 Å². The molecule has 0 spiro atoms. The van der Waals surface area contributed by atoms with Crippen LogP contribution in [0.15, 0.2) is 48.5 Å². The van der Waals surface area contributed by atoms with Crippen LogP contribution >= 0.6 is 11.3 Å². The average molecular weight is 356 g/mol. The van der Waals surface area contributed by atoms with Crippen molar-refractivity contribution in [1.29, 1.82) is 0 Å². The lowest BCUT2D eigenvalue weighted by Gasteiger charge is -2.05. The van der Waals surface area contributed by atoms with E-state index in [0.717, 1.165) is 15.8 Å². The van der Waals surface area contributed by atoms with Crippen molar-refractivity contribution < 1.29 is 14.5 Å². The van der Waals surface area contributed by atoms with Crippen LogP contribution in [0.3, 0.4) is 0 Å². The zero-order chi connectivity index (χ0) is 17.8. The molecule has 2 aromatic carbocycles. The first-order valence-electron chi connectivity index (χ1n) is 7.60. The monoisotopic (exact) mass is 356 g/mol. The Hall–Kier alpha value is -2.77. The number of ether oxygens (including phenoxy) is 1. The van der Waals surface area contributed by atoms with Crippen molar-refractivity contribution in [2.75, 3.05) is 7.11 Å². The number of carbonyl (C=O) groups is 1. The third-order valence-electron chi connectivity index (χ3n) is 3.72. The van der Waals surface area contributed by atoms with Gasteiger partial charge in [-0.15, -0.1) is 11.3 Å². The minimum absolute atomic E-state index is 0.0217. The fourth-order valence-electron chi connectivity index (χ4n) is 2.45. The second kappa shape index (κ2) is 7.42. The van der Waals surface area contributed by atoms with Gasteiger partial charge in [0.05, 0.1) is 16.4 Å². The Bertz CT molecular complexity index is 918. The molecule has 0 radical (unpaired) electrons. The van der Waals surface area contributed by atoms with E-state index in [4.69, 9.17) is 4.74 Å². The lowest BCUT2D eigenvalue weighted by molar-refractivity contribution is -0.384. The van der Waals surface area contributed by atoms with Crippen LogP contribution in [0.1, 0.15) is 20.8 Å². The van der Waals surface area contributed by atoms with Crippen LogP contribution in [0.25, 0.3) is 10.1 Å². The number of nitro groups is 1. The van der Waals surface area contributed by atoms with Gasteiger partial charge < -0.3 is 10.1 Å². The van der Waals surface area contributed by atoms with Crippen LogP contribution in [-0.2, 0) is 17.9 Å². The summed E-state index contributed by atoms with van der Waals surface area (Å²) < 4.78 is 5.91. The smallest absolute Gasteiger partial charge is 0.270 e. The molecule has 128 valence electrons. The summed E-state index contributed by atoms with van der Waals surface area (Å²) in [5.74, 6) is -0.190. The topological polar surface area (TPSA) is 81.5 Å². The highest BCUT2D eigenvalue weighted by molar-refractivity contribution is 7.20. The Labute approximate surface area is 148 Å². The molecule has 6 nitrogen and oxygen atoms in total. The second-order valence-electron chi connectivity index (χ2n) is 5.52. The van der Waals surface area contributed by atoms with E-state index in [1.165, 1.54) is 23.5 Å². The first-order chi connectivity index (χ1) is 12.1. The Morgan fingerprint density at radius 1 is 1.16 bits per heavy atom. The van der Waals surface area contributed by atoms with Gasteiger partial charge in [0, 0.05) is 35.9 Å². The van der Waals surface area contributed by atoms with Gasteiger partial charge >= 0.3 is 0 Å². The van der Waals surface area contributed by atoms with Crippen molar-refractivity contribution in [2.24, 2.45) is 0 Å². The lowest BCUT2D eigenvalue weighted by atomic mass is 10.1. The molecule has 7 heteroatoms. The van der Waals surface area contributed by atoms with Gasteiger partial charge in [0.1, 0.15) is 0 Å². The van der Waals surface area contributed by atoms with Gasteiger partial charge in [-0.2, -0.15) is 0 Å². The molecule has 3 rings (SSSR count). The summed E-state index contributed by atoms with van der Waals surface area (Å²) in [5.41, 5.74) is 2.09. The van der Waals surface area contributed by atoms with Crippen LogP contribution in [0.5, 0.6) is 0 Å². The van der Waals surface area contributed by atoms with Crippen LogP contribution in [0.2, 0.25) is 0 Å². The Morgan fingerprint density at radius 2 is 1.88 bits per heavy atom. The summed E-state index contributed by atoms with van der Waals surface area (Å²) in [6.07, 6.45) is 0. The minimum Gasteiger partial charge on any atom is -0.380 e.